The van der Waals surface area contributed by atoms with Gasteiger partial charge in [0.25, 0.3) is 0 Å². The van der Waals surface area contributed by atoms with Gasteiger partial charge in [-0.15, -0.1) is 11.3 Å². The second-order valence-corrected chi connectivity index (χ2v) is 7.68. The molecular weight excluding hydrogens is 364 g/mol. The van der Waals surface area contributed by atoms with Crippen molar-refractivity contribution >= 4 is 39.7 Å². The molecule has 5 rings (SSSR count). The van der Waals surface area contributed by atoms with Gasteiger partial charge in [-0.25, -0.2) is 9.78 Å². The second-order valence-electron chi connectivity index (χ2n) is 5.70. The summed E-state index contributed by atoms with van der Waals surface area (Å²) in [6, 6.07) is 19.2. The fraction of sp³-hybridized carbons (Fsp3) is 0. The van der Waals surface area contributed by atoms with Crippen molar-refractivity contribution in [2.24, 2.45) is 0 Å². The van der Waals surface area contributed by atoms with Gasteiger partial charge in [0.2, 0.25) is 0 Å². The molecular formula is C20H12N2O2S2. The maximum absolute atomic E-state index is 12.0. The Labute approximate surface area is 156 Å². The molecule has 1 aromatic carbocycles. The minimum atomic E-state index is -0.349. The quantitative estimate of drug-likeness (QED) is 0.400. The minimum Gasteiger partial charge on any atom is -0.423 e. The minimum absolute atomic E-state index is 0.349. The fourth-order valence-corrected chi connectivity index (χ4v) is 4.84. The number of thiophene rings is 1. The van der Waals surface area contributed by atoms with Crippen LogP contribution in [-0.2, 0) is 0 Å². The van der Waals surface area contributed by atoms with Gasteiger partial charge < -0.3 is 4.42 Å². The van der Waals surface area contributed by atoms with Gasteiger partial charge in [0, 0.05) is 22.5 Å². The smallest absolute Gasteiger partial charge is 0.337 e. The predicted octanol–water partition coefficient (Wildman–Crippen LogP) is 5.32. The monoisotopic (exact) mass is 376 g/mol. The van der Waals surface area contributed by atoms with Crippen LogP contribution in [0.3, 0.4) is 0 Å². The van der Waals surface area contributed by atoms with E-state index >= 15 is 0 Å². The van der Waals surface area contributed by atoms with E-state index < -0.39 is 0 Å². The van der Waals surface area contributed by atoms with Crippen LogP contribution in [0.25, 0.3) is 27.2 Å². The van der Waals surface area contributed by atoms with Crippen molar-refractivity contribution in [2.45, 2.75) is 9.92 Å². The van der Waals surface area contributed by atoms with Crippen LogP contribution in [0.15, 0.2) is 91.4 Å². The van der Waals surface area contributed by atoms with E-state index in [1.165, 1.54) is 11.8 Å². The number of hydrogen-bond donors (Lipinski definition) is 0. The first-order chi connectivity index (χ1) is 12.8. The average molecular weight is 376 g/mol. The van der Waals surface area contributed by atoms with Gasteiger partial charge in [0.15, 0.2) is 0 Å². The molecule has 5 aromatic rings. The zero-order valence-corrected chi connectivity index (χ0v) is 15.1. The number of imidazole rings is 1. The Bertz CT molecular complexity index is 1290. The van der Waals surface area contributed by atoms with Crippen LogP contribution < -0.4 is 5.63 Å². The number of rotatable bonds is 3. The number of nitrogens with zero attached hydrogens (tertiary/aromatic N) is 2. The van der Waals surface area contributed by atoms with Crippen LogP contribution >= 0.6 is 23.1 Å². The maximum Gasteiger partial charge on any atom is 0.337 e. The van der Waals surface area contributed by atoms with E-state index in [1.807, 2.05) is 60.1 Å². The van der Waals surface area contributed by atoms with Crippen molar-refractivity contribution in [3.8, 4) is 10.6 Å². The number of pyridine rings is 1. The van der Waals surface area contributed by atoms with E-state index in [0.29, 0.717) is 5.58 Å². The zero-order chi connectivity index (χ0) is 17.5. The highest BCUT2D eigenvalue weighted by molar-refractivity contribution is 7.99. The Balaban J connectivity index is 1.76. The molecule has 4 aromatic heterocycles. The summed E-state index contributed by atoms with van der Waals surface area (Å²) in [4.78, 5) is 18.8. The average Bonchev–Trinajstić information content (AvgIpc) is 3.30. The number of para-hydroxylation sites is 1. The van der Waals surface area contributed by atoms with Crippen molar-refractivity contribution in [3.05, 3.63) is 82.7 Å². The molecule has 0 N–H and O–H groups in total. The molecule has 0 amide bonds. The van der Waals surface area contributed by atoms with Crippen molar-refractivity contribution < 1.29 is 4.42 Å². The van der Waals surface area contributed by atoms with E-state index in [-0.39, 0.29) is 5.63 Å². The van der Waals surface area contributed by atoms with Gasteiger partial charge in [-0.3, -0.25) is 4.40 Å². The summed E-state index contributed by atoms with van der Waals surface area (Å²) in [5, 5.41) is 3.94. The molecule has 4 heterocycles. The predicted molar refractivity (Wildman–Crippen MR) is 105 cm³/mol. The highest BCUT2D eigenvalue weighted by Crippen LogP contribution is 2.39. The molecule has 0 saturated heterocycles. The molecule has 26 heavy (non-hydrogen) atoms. The summed E-state index contributed by atoms with van der Waals surface area (Å²) in [5.41, 5.74) is 2.05. The van der Waals surface area contributed by atoms with E-state index in [0.717, 1.165) is 31.5 Å². The van der Waals surface area contributed by atoms with E-state index in [9.17, 15) is 4.79 Å². The Morgan fingerprint density at radius 2 is 1.92 bits per heavy atom. The van der Waals surface area contributed by atoms with Crippen molar-refractivity contribution in [1.82, 2.24) is 9.38 Å². The molecule has 0 unspecified atom stereocenters. The Morgan fingerprint density at radius 1 is 1.04 bits per heavy atom. The van der Waals surface area contributed by atoms with Gasteiger partial charge in [-0.2, -0.15) is 0 Å². The molecule has 0 aliphatic carbocycles. The topological polar surface area (TPSA) is 47.5 Å². The van der Waals surface area contributed by atoms with E-state index in [4.69, 9.17) is 9.40 Å². The van der Waals surface area contributed by atoms with Crippen molar-refractivity contribution in [1.29, 1.82) is 0 Å². The molecule has 0 radical (unpaired) electrons. The summed E-state index contributed by atoms with van der Waals surface area (Å²) < 4.78 is 7.38. The standard InChI is InChI=1S/C20H12N2O2S2/c23-18-12-16(13-6-1-2-7-14(13)24-18)26-20-19(15-8-5-11-25-15)21-17-9-3-4-10-22(17)20/h1-12H. The number of fused-ring (bicyclic) bond motifs is 2. The number of hydrogen-bond acceptors (Lipinski definition) is 5. The van der Waals surface area contributed by atoms with Gasteiger partial charge in [0.1, 0.15) is 22.0 Å². The Hall–Kier alpha value is -2.83. The summed E-state index contributed by atoms with van der Waals surface area (Å²) in [5.74, 6) is 0. The second kappa shape index (κ2) is 6.16. The third-order valence-electron chi connectivity index (χ3n) is 4.06. The molecule has 0 aliphatic rings. The van der Waals surface area contributed by atoms with Gasteiger partial charge in [0.05, 0.1) is 4.88 Å². The summed E-state index contributed by atoms with van der Waals surface area (Å²) in [6.45, 7) is 0. The van der Waals surface area contributed by atoms with E-state index in [2.05, 4.69) is 10.5 Å². The molecule has 0 spiro atoms. The van der Waals surface area contributed by atoms with Crippen molar-refractivity contribution in [2.75, 3.05) is 0 Å². The largest absolute Gasteiger partial charge is 0.423 e. The normalized spacial score (nSPS) is 11.4. The van der Waals surface area contributed by atoms with Crippen molar-refractivity contribution in [3.63, 3.8) is 0 Å². The highest BCUT2D eigenvalue weighted by atomic mass is 32.2. The van der Waals surface area contributed by atoms with Crippen LogP contribution in [0.4, 0.5) is 0 Å². The lowest BCUT2D eigenvalue weighted by atomic mass is 10.2. The van der Waals surface area contributed by atoms with Crippen LogP contribution in [0, 0.1) is 0 Å². The lowest BCUT2D eigenvalue weighted by Crippen LogP contribution is -1.97. The first-order valence-electron chi connectivity index (χ1n) is 8.01. The van der Waals surface area contributed by atoms with Crippen LogP contribution in [0.1, 0.15) is 0 Å². The molecule has 6 heteroatoms. The van der Waals surface area contributed by atoms with Crippen LogP contribution in [-0.4, -0.2) is 9.38 Å². The SMILES string of the molecule is O=c1cc(Sc2c(-c3cccs3)nc3ccccn23)c2ccccc2o1. The third kappa shape index (κ3) is 2.55. The van der Waals surface area contributed by atoms with Gasteiger partial charge in [-0.05, 0) is 29.6 Å². The summed E-state index contributed by atoms with van der Waals surface area (Å²) in [6.07, 6.45) is 2.00. The van der Waals surface area contributed by atoms with Crippen LogP contribution in [0.5, 0.6) is 0 Å². The third-order valence-corrected chi connectivity index (χ3v) is 6.08. The van der Waals surface area contributed by atoms with Gasteiger partial charge in [-0.1, -0.05) is 42.1 Å². The summed E-state index contributed by atoms with van der Waals surface area (Å²) >= 11 is 3.19. The Kier molecular flexibility index (Phi) is 3.65. The number of benzene rings is 1. The molecule has 0 saturated carbocycles. The van der Waals surface area contributed by atoms with Gasteiger partial charge >= 0.3 is 5.63 Å². The molecule has 0 aliphatic heterocycles. The molecule has 0 fully saturated rings. The highest BCUT2D eigenvalue weighted by Gasteiger charge is 2.17. The first-order valence-corrected chi connectivity index (χ1v) is 9.71. The summed E-state index contributed by atoms with van der Waals surface area (Å²) in [7, 11) is 0. The lowest BCUT2D eigenvalue weighted by Gasteiger charge is -2.06. The van der Waals surface area contributed by atoms with Crippen LogP contribution in [0.2, 0.25) is 0 Å². The molecule has 126 valence electrons. The molecule has 0 atom stereocenters. The lowest BCUT2D eigenvalue weighted by molar-refractivity contribution is 0.557. The zero-order valence-electron chi connectivity index (χ0n) is 13.5. The maximum atomic E-state index is 12.0. The molecule has 4 nitrogen and oxygen atoms in total. The number of aromatic nitrogens is 2. The fourth-order valence-electron chi connectivity index (χ4n) is 2.92. The van der Waals surface area contributed by atoms with E-state index in [1.54, 1.807) is 17.4 Å². The Morgan fingerprint density at radius 3 is 2.81 bits per heavy atom. The molecule has 0 bridgehead atoms. The first kappa shape index (κ1) is 15.4.